The lowest BCUT2D eigenvalue weighted by Gasteiger charge is -2.22. The number of benzene rings is 2. The Morgan fingerprint density at radius 2 is 1.46 bits per heavy atom. The molecule has 2 aromatic carbocycles. The average Bonchev–Trinajstić information content (AvgIpc) is 2.87. The third kappa shape index (κ3) is 3.54. The van der Waals surface area contributed by atoms with Crippen molar-refractivity contribution >= 4 is 17.4 Å². The van der Waals surface area contributed by atoms with Crippen LogP contribution in [0.5, 0.6) is 0 Å². The summed E-state index contributed by atoms with van der Waals surface area (Å²) in [5.74, 6) is -0.190. The van der Waals surface area contributed by atoms with Gasteiger partial charge in [-0.15, -0.1) is 0 Å². The highest BCUT2D eigenvalue weighted by Crippen LogP contribution is 2.32. The molecule has 26 heavy (non-hydrogen) atoms. The van der Waals surface area contributed by atoms with Crippen molar-refractivity contribution in [1.29, 1.82) is 0 Å². The lowest BCUT2D eigenvalue weighted by Crippen LogP contribution is -2.36. The maximum atomic E-state index is 13.1. The summed E-state index contributed by atoms with van der Waals surface area (Å²) >= 11 is 0. The number of amides is 2. The van der Waals surface area contributed by atoms with Crippen LogP contribution in [0.1, 0.15) is 25.0 Å². The summed E-state index contributed by atoms with van der Waals surface area (Å²) in [7, 11) is 1.87. The van der Waals surface area contributed by atoms with E-state index in [1.807, 2.05) is 86.5 Å². The fourth-order valence-corrected chi connectivity index (χ4v) is 3.25. The summed E-state index contributed by atoms with van der Waals surface area (Å²) in [6, 6.07) is 19.4. The van der Waals surface area contributed by atoms with Crippen LogP contribution in [0, 0.1) is 5.92 Å². The third-order valence-corrected chi connectivity index (χ3v) is 4.40. The van der Waals surface area contributed by atoms with E-state index in [1.165, 1.54) is 4.90 Å². The van der Waals surface area contributed by atoms with E-state index < -0.39 is 0 Å². The number of carbonyl (C=O) groups is 2. The molecule has 3 rings (SSSR count). The molecule has 4 heteroatoms. The molecule has 0 fully saturated rings. The van der Waals surface area contributed by atoms with Gasteiger partial charge in [0.05, 0.1) is 5.57 Å². The third-order valence-electron chi connectivity index (χ3n) is 4.40. The largest absolute Gasteiger partial charge is 0.365 e. The van der Waals surface area contributed by atoms with Gasteiger partial charge in [0, 0.05) is 20.1 Å². The fourth-order valence-electron chi connectivity index (χ4n) is 3.25. The van der Waals surface area contributed by atoms with Crippen LogP contribution >= 0.6 is 0 Å². The van der Waals surface area contributed by atoms with Gasteiger partial charge in [0.25, 0.3) is 11.8 Å². The number of hydrogen-bond acceptors (Lipinski definition) is 3. The van der Waals surface area contributed by atoms with Crippen molar-refractivity contribution in [3.8, 4) is 0 Å². The van der Waals surface area contributed by atoms with Crippen molar-refractivity contribution in [3.63, 3.8) is 0 Å². The van der Waals surface area contributed by atoms with Crippen molar-refractivity contribution < 1.29 is 9.59 Å². The number of nitrogens with zero attached hydrogens (tertiary/aromatic N) is 2. The van der Waals surface area contributed by atoms with Crippen LogP contribution in [0.25, 0.3) is 5.57 Å². The molecule has 0 unspecified atom stereocenters. The lowest BCUT2D eigenvalue weighted by atomic mass is 10.0. The zero-order valence-electron chi connectivity index (χ0n) is 15.5. The Morgan fingerprint density at radius 3 is 2.04 bits per heavy atom. The zero-order valence-corrected chi connectivity index (χ0v) is 15.5. The summed E-state index contributed by atoms with van der Waals surface area (Å²) in [5.41, 5.74) is 2.85. The number of rotatable bonds is 6. The second-order valence-electron chi connectivity index (χ2n) is 7.05. The highest BCUT2D eigenvalue weighted by Gasteiger charge is 2.40. The highest BCUT2D eigenvalue weighted by atomic mass is 16.2. The smallest absolute Gasteiger partial charge is 0.277 e. The van der Waals surface area contributed by atoms with E-state index in [0.717, 1.165) is 11.1 Å². The van der Waals surface area contributed by atoms with Gasteiger partial charge in [0.15, 0.2) is 0 Å². The average molecular weight is 348 g/mol. The summed E-state index contributed by atoms with van der Waals surface area (Å²) in [4.78, 5) is 29.4. The molecule has 0 saturated carbocycles. The molecule has 0 aliphatic carbocycles. The molecule has 1 heterocycles. The van der Waals surface area contributed by atoms with Gasteiger partial charge >= 0.3 is 0 Å². The SMILES string of the molecule is CC(C)CN1C(=O)C(c2ccccc2)=C(N(C)Cc2ccccc2)C1=O. The first kappa shape index (κ1) is 17.9. The monoisotopic (exact) mass is 348 g/mol. The summed E-state index contributed by atoms with van der Waals surface area (Å²) in [5, 5.41) is 0. The van der Waals surface area contributed by atoms with E-state index in [9.17, 15) is 9.59 Å². The normalized spacial score (nSPS) is 14.5. The van der Waals surface area contributed by atoms with Gasteiger partial charge in [-0.2, -0.15) is 0 Å². The number of carbonyl (C=O) groups excluding carboxylic acids is 2. The summed E-state index contributed by atoms with van der Waals surface area (Å²) in [6.45, 7) is 5.01. The zero-order chi connectivity index (χ0) is 18.7. The standard InChI is InChI=1S/C22H24N2O2/c1-16(2)14-24-21(25)19(18-12-8-5-9-13-18)20(22(24)26)23(3)15-17-10-6-4-7-11-17/h4-13,16H,14-15H2,1-3H3. The summed E-state index contributed by atoms with van der Waals surface area (Å²) < 4.78 is 0. The van der Waals surface area contributed by atoms with Gasteiger partial charge in [-0.25, -0.2) is 0 Å². The van der Waals surface area contributed by atoms with Crippen molar-refractivity contribution in [3.05, 3.63) is 77.5 Å². The molecule has 0 saturated heterocycles. The number of likely N-dealkylation sites (N-methyl/N-ethyl adjacent to an activating group) is 1. The quantitative estimate of drug-likeness (QED) is 0.750. The molecule has 0 spiro atoms. The minimum absolute atomic E-state index is 0.204. The van der Waals surface area contributed by atoms with Crippen LogP contribution in [0.2, 0.25) is 0 Å². The fraction of sp³-hybridized carbons (Fsp3) is 0.273. The van der Waals surface area contributed by atoms with Crippen LogP contribution in [0.3, 0.4) is 0 Å². The molecule has 0 radical (unpaired) electrons. The molecule has 4 nitrogen and oxygen atoms in total. The summed E-state index contributed by atoms with van der Waals surface area (Å²) in [6.07, 6.45) is 0. The lowest BCUT2D eigenvalue weighted by molar-refractivity contribution is -0.138. The highest BCUT2D eigenvalue weighted by molar-refractivity contribution is 6.35. The van der Waals surface area contributed by atoms with Gasteiger partial charge in [-0.3, -0.25) is 14.5 Å². The van der Waals surface area contributed by atoms with Gasteiger partial charge in [0.2, 0.25) is 0 Å². The first-order valence-electron chi connectivity index (χ1n) is 8.90. The molecule has 0 bridgehead atoms. The second-order valence-corrected chi connectivity index (χ2v) is 7.05. The van der Waals surface area contributed by atoms with Crippen LogP contribution in [0.15, 0.2) is 66.4 Å². The first-order chi connectivity index (χ1) is 12.5. The van der Waals surface area contributed by atoms with Crippen LogP contribution in [-0.4, -0.2) is 35.2 Å². The van der Waals surface area contributed by atoms with Crippen molar-refractivity contribution in [1.82, 2.24) is 9.80 Å². The molecule has 0 N–H and O–H groups in total. The van der Waals surface area contributed by atoms with Crippen LogP contribution < -0.4 is 0 Å². The van der Waals surface area contributed by atoms with Crippen LogP contribution in [0.4, 0.5) is 0 Å². The maximum Gasteiger partial charge on any atom is 0.277 e. The van der Waals surface area contributed by atoms with Crippen molar-refractivity contribution in [2.45, 2.75) is 20.4 Å². The molecule has 1 aliphatic rings. The Morgan fingerprint density at radius 1 is 0.885 bits per heavy atom. The van der Waals surface area contributed by atoms with Crippen molar-refractivity contribution in [2.75, 3.05) is 13.6 Å². The van der Waals surface area contributed by atoms with Gasteiger partial charge in [0.1, 0.15) is 5.70 Å². The Balaban J connectivity index is 2.01. The Labute approximate surface area is 154 Å². The number of hydrogen-bond donors (Lipinski definition) is 0. The van der Waals surface area contributed by atoms with Gasteiger partial charge < -0.3 is 4.90 Å². The molecule has 2 amide bonds. The Bertz CT molecular complexity index is 826. The minimum Gasteiger partial charge on any atom is -0.365 e. The van der Waals surface area contributed by atoms with Crippen LogP contribution in [-0.2, 0) is 16.1 Å². The first-order valence-corrected chi connectivity index (χ1v) is 8.90. The molecular weight excluding hydrogens is 324 g/mol. The van der Waals surface area contributed by atoms with E-state index in [0.29, 0.717) is 24.4 Å². The Kier molecular flexibility index (Phi) is 5.21. The van der Waals surface area contributed by atoms with Gasteiger partial charge in [-0.1, -0.05) is 74.5 Å². The Hall–Kier alpha value is -2.88. The number of imide groups is 1. The molecule has 134 valence electrons. The minimum atomic E-state index is -0.207. The topological polar surface area (TPSA) is 40.6 Å². The molecular formula is C22H24N2O2. The van der Waals surface area contributed by atoms with Crippen molar-refractivity contribution in [2.24, 2.45) is 5.92 Å². The second kappa shape index (κ2) is 7.56. The van der Waals surface area contributed by atoms with E-state index in [-0.39, 0.29) is 17.7 Å². The van der Waals surface area contributed by atoms with E-state index in [1.54, 1.807) is 0 Å². The molecule has 0 aromatic heterocycles. The maximum absolute atomic E-state index is 13.1. The molecule has 0 atom stereocenters. The van der Waals surface area contributed by atoms with E-state index in [2.05, 4.69) is 0 Å². The molecule has 2 aromatic rings. The predicted molar refractivity (Wildman–Crippen MR) is 103 cm³/mol. The van der Waals surface area contributed by atoms with E-state index >= 15 is 0 Å². The van der Waals surface area contributed by atoms with E-state index in [4.69, 9.17) is 0 Å². The molecule has 1 aliphatic heterocycles. The predicted octanol–water partition coefficient (Wildman–Crippen LogP) is 3.55. The van der Waals surface area contributed by atoms with Gasteiger partial charge in [-0.05, 0) is 17.0 Å².